The molecule has 0 radical (unpaired) electrons. The Hall–Kier alpha value is -3.02. The highest BCUT2D eigenvalue weighted by molar-refractivity contribution is 5.81. The van der Waals surface area contributed by atoms with E-state index in [4.69, 9.17) is 15.2 Å². The quantitative estimate of drug-likeness (QED) is 0.466. The van der Waals surface area contributed by atoms with E-state index >= 15 is 0 Å². The number of nitrogens with zero attached hydrogens (tertiary/aromatic N) is 1. The highest BCUT2D eigenvalue weighted by atomic mass is 16.5. The molecular weight excluding hydrogens is 282 g/mol. The number of hydrazone groups is 1. The standard InChI is InChI=1S/C16H17N3O3/c17-16(20)19-18-12-13-5-4-8-15(11-13)22-10-9-21-14-6-2-1-3-7-14/h1-8,11-12H,9-10H2,(H3,17,19,20)/b18-12-. The maximum atomic E-state index is 10.5. The maximum absolute atomic E-state index is 10.5. The van der Waals surface area contributed by atoms with Crippen molar-refractivity contribution in [1.82, 2.24) is 5.43 Å². The van der Waals surface area contributed by atoms with Crippen molar-refractivity contribution >= 4 is 12.2 Å². The van der Waals surface area contributed by atoms with Crippen LogP contribution < -0.4 is 20.6 Å². The third-order valence-electron chi connectivity index (χ3n) is 2.61. The summed E-state index contributed by atoms with van der Waals surface area (Å²) < 4.78 is 11.1. The number of hydrogen-bond donors (Lipinski definition) is 2. The van der Waals surface area contributed by atoms with Gasteiger partial charge in [-0.25, -0.2) is 10.2 Å². The molecule has 2 aromatic rings. The Bertz CT molecular complexity index is 630. The van der Waals surface area contributed by atoms with Crippen molar-refractivity contribution in [3.63, 3.8) is 0 Å². The van der Waals surface area contributed by atoms with Crippen LogP contribution in [0, 0.1) is 0 Å². The number of carbonyl (C=O) groups excluding carboxylic acids is 1. The third-order valence-corrected chi connectivity index (χ3v) is 2.61. The monoisotopic (exact) mass is 299 g/mol. The summed E-state index contributed by atoms with van der Waals surface area (Å²) in [5, 5.41) is 3.69. The van der Waals surface area contributed by atoms with E-state index in [9.17, 15) is 4.79 Å². The minimum atomic E-state index is -0.707. The van der Waals surface area contributed by atoms with Crippen LogP contribution in [0.5, 0.6) is 11.5 Å². The first kappa shape index (κ1) is 15.4. The van der Waals surface area contributed by atoms with Gasteiger partial charge in [0.25, 0.3) is 0 Å². The minimum absolute atomic E-state index is 0.426. The number of urea groups is 1. The molecule has 22 heavy (non-hydrogen) atoms. The van der Waals surface area contributed by atoms with Gasteiger partial charge in [-0.15, -0.1) is 0 Å². The maximum Gasteiger partial charge on any atom is 0.332 e. The number of benzene rings is 2. The number of nitrogens with two attached hydrogens (primary N) is 1. The van der Waals surface area contributed by atoms with E-state index in [0.717, 1.165) is 11.3 Å². The number of amides is 2. The Kier molecular flexibility index (Phi) is 5.80. The second-order valence-electron chi connectivity index (χ2n) is 4.32. The van der Waals surface area contributed by atoms with Gasteiger partial charge in [0, 0.05) is 0 Å². The van der Waals surface area contributed by atoms with Crippen molar-refractivity contribution in [3.05, 3.63) is 60.2 Å². The van der Waals surface area contributed by atoms with Gasteiger partial charge < -0.3 is 15.2 Å². The summed E-state index contributed by atoms with van der Waals surface area (Å²) in [5.41, 5.74) is 7.83. The molecule has 0 aromatic heterocycles. The average molecular weight is 299 g/mol. The summed E-state index contributed by atoms with van der Waals surface area (Å²) in [6.45, 7) is 0.876. The number of carbonyl (C=O) groups is 1. The van der Waals surface area contributed by atoms with Gasteiger partial charge in [0.2, 0.25) is 0 Å². The molecule has 0 unspecified atom stereocenters. The van der Waals surface area contributed by atoms with Gasteiger partial charge in [0.1, 0.15) is 24.7 Å². The van der Waals surface area contributed by atoms with Crippen molar-refractivity contribution in [2.45, 2.75) is 0 Å². The molecular formula is C16H17N3O3. The second kappa shape index (κ2) is 8.31. The molecule has 6 nitrogen and oxygen atoms in total. The van der Waals surface area contributed by atoms with Crippen LogP contribution in [0.3, 0.4) is 0 Å². The van der Waals surface area contributed by atoms with Gasteiger partial charge in [-0.3, -0.25) is 0 Å². The van der Waals surface area contributed by atoms with Crippen molar-refractivity contribution in [1.29, 1.82) is 0 Å². The van der Waals surface area contributed by atoms with Crippen LogP contribution in [0.25, 0.3) is 0 Å². The summed E-state index contributed by atoms with van der Waals surface area (Å²) >= 11 is 0. The molecule has 0 saturated carbocycles. The Labute approximate surface area is 128 Å². The zero-order valence-corrected chi connectivity index (χ0v) is 11.9. The fourth-order valence-corrected chi connectivity index (χ4v) is 1.69. The first-order chi connectivity index (χ1) is 10.7. The summed E-state index contributed by atoms with van der Waals surface area (Å²) in [6.07, 6.45) is 1.48. The van der Waals surface area contributed by atoms with E-state index in [1.165, 1.54) is 6.21 Å². The Balaban J connectivity index is 1.78. The Morgan fingerprint density at radius 1 is 1.05 bits per heavy atom. The highest BCUT2D eigenvalue weighted by Gasteiger charge is 1.97. The number of para-hydroxylation sites is 1. The van der Waals surface area contributed by atoms with E-state index in [1.807, 2.05) is 48.5 Å². The molecule has 0 saturated heterocycles. The first-order valence-electron chi connectivity index (χ1n) is 6.73. The largest absolute Gasteiger partial charge is 0.490 e. The van der Waals surface area contributed by atoms with Crippen LogP contribution >= 0.6 is 0 Å². The van der Waals surface area contributed by atoms with Crippen LogP contribution in [0.2, 0.25) is 0 Å². The smallest absolute Gasteiger partial charge is 0.332 e. The van der Waals surface area contributed by atoms with Crippen LogP contribution in [0.15, 0.2) is 59.7 Å². The van der Waals surface area contributed by atoms with Gasteiger partial charge in [0.15, 0.2) is 0 Å². The van der Waals surface area contributed by atoms with Crippen molar-refractivity contribution in [2.24, 2.45) is 10.8 Å². The van der Waals surface area contributed by atoms with E-state index < -0.39 is 6.03 Å². The van der Waals surface area contributed by atoms with E-state index in [1.54, 1.807) is 6.07 Å². The molecule has 2 aromatic carbocycles. The molecule has 2 rings (SSSR count). The highest BCUT2D eigenvalue weighted by Crippen LogP contribution is 2.12. The molecule has 114 valence electrons. The lowest BCUT2D eigenvalue weighted by Gasteiger charge is -2.08. The SMILES string of the molecule is NC(=O)N/N=C\c1cccc(OCCOc2ccccc2)c1. The average Bonchev–Trinajstić information content (AvgIpc) is 2.53. The van der Waals surface area contributed by atoms with E-state index in [2.05, 4.69) is 10.5 Å². The summed E-state index contributed by atoms with van der Waals surface area (Å²) in [4.78, 5) is 10.5. The molecule has 0 atom stereocenters. The summed E-state index contributed by atoms with van der Waals surface area (Å²) in [7, 11) is 0. The van der Waals surface area contributed by atoms with Crippen LogP contribution in [-0.4, -0.2) is 25.5 Å². The molecule has 3 N–H and O–H groups in total. The fraction of sp³-hybridized carbons (Fsp3) is 0.125. The molecule has 0 bridgehead atoms. The summed E-state index contributed by atoms with van der Waals surface area (Å²) in [6, 6.07) is 16.1. The number of rotatable bonds is 7. The molecule has 2 amide bonds. The number of hydrogen-bond acceptors (Lipinski definition) is 4. The zero-order chi connectivity index (χ0) is 15.6. The van der Waals surface area contributed by atoms with Crippen LogP contribution in [0.4, 0.5) is 4.79 Å². The fourth-order valence-electron chi connectivity index (χ4n) is 1.69. The van der Waals surface area contributed by atoms with Crippen molar-refractivity contribution in [3.8, 4) is 11.5 Å². The number of nitrogens with one attached hydrogen (secondary N) is 1. The topological polar surface area (TPSA) is 85.9 Å². The third kappa shape index (κ3) is 5.54. The van der Waals surface area contributed by atoms with Gasteiger partial charge >= 0.3 is 6.03 Å². The van der Waals surface area contributed by atoms with Crippen LogP contribution in [0.1, 0.15) is 5.56 Å². The van der Waals surface area contributed by atoms with Gasteiger partial charge in [-0.1, -0.05) is 30.3 Å². The van der Waals surface area contributed by atoms with E-state index in [-0.39, 0.29) is 0 Å². The van der Waals surface area contributed by atoms with E-state index in [0.29, 0.717) is 19.0 Å². The molecule has 0 fully saturated rings. The first-order valence-corrected chi connectivity index (χ1v) is 6.73. The lowest BCUT2D eigenvalue weighted by Crippen LogP contribution is -2.24. The second-order valence-corrected chi connectivity index (χ2v) is 4.32. The van der Waals surface area contributed by atoms with Crippen molar-refractivity contribution in [2.75, 3.05) is 13.2 Å². The predicted molar refractivity (Wildman–Crippen MR) is 84.2 cm³/mol. The molecule has 0 aliphatic heterocycles. The zero-order valence-electron chi connectivity index (χ0n) is 11.9. The number of ether oxygens (including phenoxy) is 2. The molecule has 0 heterocycles. The van der Waals surface area contributed by atoms with Crippen LogP contribution in [-0.2, 0) is 0 Å². The number of primary amides is 1. The minimum Gasteiger partial charge on any atom is -0.490 e. The molecule has 0 aliphatic rings. The van der Waals surface area contributed by atoms with Gasteiger partial charge in [0.05, 0.1) is 6.21 Å². The van der Waals surface area contributed by atoms with Crippen molar-refractivity contribution < 1.29 is 14.3 Å². The lowest BCUT2D eigenvalue weighted by atomic mass is 10.2. The van der Waals surface area contributed by atoms with Gasteiger partial charge in [-0.2, -0.15) is 5.10 Å². The molecule has 6 heteroatoms. The molecule has 0 aliphatic carbocycles. The van der Waals surface area contributed by atoms with Gasteiger partial charge in [-0.05, 0) is 29.8 Å². The molecule has 0 spiro atoms. The Morgan fingerprint density at radius 3 is 2.45 bits per heavy atom. The predicted octanol–water partition coefficient (Wildman–Crippen LogP) is 2.15. The summed E-state index contributed by atoms with van der Waals surface area (Å²) in [5.74, 6) is 1.50. The lowest BCUT2D eigenvalue weighted by molar-refractivity contribution is 0.217. The normalized spacial score (nSPS) is 10.4. The Morgan fingerprint density at radius 2 is 1.73 bits per heavy atom.